The van der Waals surface area contributed by atoms with Crippen LogP contribution >= 0.6 is 0 Å². The van der Waals surface area contributed by atoms with Crippen LogP contribution in [0.1, 0.15) is 16.1 Å². The average Bonchev–Trinajstić information content (AvgIpc) is 2.47. The number of methoxy groups -OCH3 is 1. The molecule has 0 aliphatic carbocycles. The topological polar surface area (TPSA) is 101 Å². The second kappa shape index (κ2) is 6.47. The molecule has 0 unspecified atom stereocenters. The van der Waals surface area contributed by atoms with Gasteiger partial charge in [-0.05, 0) is 23.8 Å². The average molecular weight is 287 g/mol. The van der Waals surface area contributed by atoms with E-state index in [0.29, 0.717) is 17.1 Å². The zero-order valence-corrected chi connectivity index (χ0v) is 11.2. The maximum absolute atomic E-state index is 12.0. The predicted molar refractivity (Wildman–Crippen MR) is 74.3 cm³/mol. The van der Waals surface area contributed by atoms with Gasteiger partial charge in [0.25, 0.3) is 5.91 Å². The second-order valence-electron chi connectivity index (χ2n) is 4.19. The fourth-order valence-electron chi connectivity index (χ4n) is 1.68. The number of benzene rings is 1. The van der Waals surface area contributed by atoms with Gasteiger partial charge in [0.2, 0.25) is 5.88 Å². The molecule has 2 aromatic rings. The molecule has 0 saturated carbocycles. The fraction of sp³-hybridized carbons (Fsp3) is 0.143. The Hall–Kier alpha value is -2.96. The van der Waals surface area contributed by atoms with Crippen molar-refractivity contribution in [3.8, 4) is 5.88 Å². The van der Waals surface area contributed by atoms with Crippen LogP contribution in [0.3, 0.4) is 0 Å². The summed E-state index contributed by atoms with van der Waals surface area (Å²) in [5.74, 6) is -1.05. The van der Waals surface area contributed by atoms with E-state index in [1.54, 1.807) is 24.3 Å². The standard InChI is InChI=1S/C14H13N3O4/c1-21-12-6-5-11(16-17-12)14(20)15-10-4-2-3-9(7-10)8-13(18)19/h2-7H,8H2,1H3,(H,15,20)(H,18,19). The lowest BCUT2D eigenvalue weighted by molar-refractivity contribution is -0.136. The molecule has 108 valence electrons. The minimum atomic E-state index is -0.931. The maximum Gasteiger partial charge on any atom is 0.307 e. The highest BCUT2D eigenvalue weighted by Gasteiger charge is 2.09. The highest BCUT2D eigenvalue weighted by Crippen LogP contribution is 2.13. The summed E-state index contributed by atoms with van der Waals surface area (Å²) in [6, 6.07) is 9.64. The highest BCUT2D eigenvalue weighted by atomic mass is 16.5. The van der Waals surface area contributed by atoms with Crippen LogP contribution in [0.2, 0.25) is 0 Å². The first-order valence-electron chi connectivity index (χ1n) is 6.08. The monoisotopic (exact) mass is 287 g/mol. The van der Waals surface area contributed by atoms with Gasteiger partial charge in [0, 0.05) is 11.8 Å². The molecule has 0 atom stereocenters. The first kappa shape index (κ1) is 14.4. The summed E-state index contributed by atoms with van der Waals surface area (Å²) in [4.78, 5) is 22.6. The largest absolute Gasteiger partial charge is 0.481 e. The van der Waals surface area contributed by atoms with E-state index < -0.39 is 11.9 Å². The van der Waals surface area contributed by atoms with Gasteiger partial charge in [-0.2, -0.15) is 0 Å². The van der Waals surface area contributed by atoms with Crippen LogP contribution in [-0.2, 0) is 11.2 Å². The molecule has 21 heavy (non-hydrogen) atoms. The number of nitrogens with one attached hydrogen (secondary N) is 1. The SMILES string of the molecule is COc1ccc(C(=O)Nc2cccc(CC(=O)O)c2)nn1. The molecular weight excluding hydrogens is 274 g/mol. The molecule has 0 aliphatic rings. The van der Waals surface area contributed by atoms with Gasteiger partial charge < -0.3 is 15.2 Å². The summed E-state index contributed by atoms with van der Waals surface area (Å²) in [6.45, 7) is 0. The zero-order valence-electron chi connectivity index (χ0n) is 11.2. The lowest BCUT2D eigenvalue weighted by atomic mass is 10.1. The minimum Gasteiger partial charge on any atom is -0.481 e. The third-order valence-corrected chi connectivity index (χ3v) is 2.62. The van der Waals surface area contributed by atoms with Crippen LogP contribution in [0.25, 0.3) is 0 Å². The third kappa shape index (κ3) is 4.00. The number of rotatable bonds is 5. The number of aromatic nitrogens is 2. The molecule has 0 fully saturated rings. The van der Waals surface area contributed by atoms with Crippen LogP contribution in [-0.4, -0.2) is 34.3 Å². The van der Waals surface area contributed by atoms with E-state index in [1.807, 2.05) is 0 Å². The molecule has 0 spiro atoms. The Morgan fingerprint density at radius 1 is 1.24 bits per heavy atom. The lowest BCUT2D eigenvalue weighted by Crippen LogP contribution is -2.14. The summed E-state index contributed by atoms with van der Waals surface area (Å²) in [5, 5.41) is 18.8. The van der Waals surface area contributed by atoms with E-state index in [-0.39, 0.29) is 12.1 Å². The van der Waals surface area contributed by atoms with Crippen molar-refractivity contribution >= 4 is 17.6 Å². The van der Waals surface area contributed by atoms with Gasteiger partial charge in [0.05, 0.1) is 13.5 Å². The third-order valence-electron chi connectivity index (χ3n) is 2.62. The molecule has 1 amide bonds. The Balaban J connectivity index is 2.09. The molecule has 1 aromatic heterocycles. The number of hydrogen-bond donors (Lipinski definition) is 2. The molecule has 0 radical (unpaired) electrons. The van der Waals surface area contributed by atoms with Crippen molar-refractivity contribution in [2.45, 2.75) is 6.42 Å². The van der Waals surface area contributed by atoms with Crippen LogP contribution in [0.4, 0.5) is 5.69 Å². The van der Waals surface area contributed by atoms with Crippen LogP contribution in [0, 0.1) is 0 Å². The van der Waals surface area contributed by atoms with E-state index in [1.165, 1.54) is 19.2 Å². The van der Waals surface area contributed by atoms with Gasteiger partial charge >= 0.3 is 5.97 Å². The molecule has 7 heteroatoms. The smallest absolute Gasteiger partial charge is 0.307 e. The molecule has 1 heterocycles. The maximum atomic E-state index is 12.0. The van der Waals surface area contributed by atoms with E-state index in [9.17, 15) is 9.59 Å². The number of nitrogens with zero attached hydrogens (tertiary/aromatic N) is 2. The quantitative estimate of drug-likeness (QED) is 0.861. The summed E-state index contributed by atoms with van der Waals surface area (Å²) in [6.07, 6.45) is -0.105. The van der Waals surface area contributed by atoms with Crippen molar-refractivity contribution < 1.29 is 19.4 Å². The molecule has 0 bridgehead atoms. The summed E-state index contributed by atoms with van der Waals surface area (Å²) >= 11 is 0. The summed E-state index contributed by atoms with van der Waals surface area (Å²) < 4.78 is 4.86. The van der Waals surface area contributed by atoms with Crippen molar-refractivity contribution in [3.63, 3.8) is 0 Å². The molecular formula is C14H13N3O4. The Kier molecular flexibility index (Phi) is 4.45. The number of carbonyl (C=O) groups excluding carboxylic acids is 1. The van der Waals surface area contributed by atoms with E-state index in [2.05, 4.69) is 15.5 Å². The Morgan fingerprint density at radius 3 is 2.67 bits per heavy atom. The Morgan fingerprint density at radius 2 is 2.05 bits per heavy atom. The van der Waals surface area contributed by atoms with Crippen molar-refractivity contribution in [1.29, 1.82) is 0 Å². The number of ether oxygens (including phenoxy) is 1. The number of aliphatic carboxylic acids is 1. The van der Waals surface area contributed by atoms with Crippen molar-refractivity contribution in [2.24, 2.45) is 0 Å². The Bertz CT molecular complexity index is 656. The number of hydrogen-bond acceptors (Lipinski definition) is 5. The predicted octanol–water partition coefficient (Wildman–Crippen LogP) is 1.36. The van der Waals surface area contributed by atoms with Crippen molar-refractivity contribution in [1.82, 2.24) is 10.2 Å². The van der Waals surface area contributed by atoms with E-state index in [0.717, 1.165) is 0 Å². The van der Waals surface area contributed by atoms with Gasteiger partial charge in [-0.1, -0.05) is 12.1 Å². The van der Waals surface area contributed by atoms with Crippen LogP contribution in [0.15, 0.2) is 36.4 Å². The molecule has 0 saturated heterocycles. The first-order valence-corrected chi connectivity index (χ1v) is 6.08. The van der Waals surface area contributed by atoms with Gasteiger partial charge in [0.15, 0.2) is 5.69 Å². The van der Waals surface area contributed by atoms with Gasteiger partial charge in [-0.25, -0.2) is 0 Å². The normalized spacial score (nSPS) is 9.95. The number of carboxylic acids is 1. The second-order valence-corrected chi connectivity index (χ2v) is 4.19. The molecule has 1 aromatic carbocycles. The highest BCUT2D eigenvalue weighted by molar-refractivity contribution is 6.02. The number of amides is 1. The number of anilines is 1. The molecule has 0 aliphatic heterocycles. The lowest BCUT2D eigenvalue weighted by Gasteiger charge is -2.06. The summed E-state index contributed by atoms with van der Waals surface area (Å²) in [7, 11) is 1.46. The summed E-state index contributed by atoms with van der Waals surface area (Å²) in [5.41, 5.74) is 1.23. The van der Waals surface area contributed by atoms with Gasteiger partial charge in [-0.15, -0.1) is 10.2 Å². The van der Waals surface area contributed by atoms with Gasteiger partial charge in [-0.3, -0.25) is 9.59 Å². The first-order chi connectivity index (χ1) is 10.1. The van der Waals surface area contributed by atoms with E-state index >= 15 is 0 Å². The molecule has 2 rings (SSSR count). The molecule has 7 nitrogen and oxygen atoms in total. The fourth-order valence-corrected chi connectivity index (χ4v) is 1.68. The van der Waals surface area contributed by atoms with Crippen LogP contribution < -0.4 is 10.1 Å². The Labute approximate surface area is 120 Å². The number of carbonyl (C=O) groups is 2. The molecule has 2 N–H and O–H groups in total. The van der Waals surface area contributed by atoms with Gasteiger partial charge in [0.1, 0.15) is 0 Å². The number of carboxylic acid groups (broad SMARTS) is 1. The van der Waals surface area contributed by atoms with Crippen molar-refractivity contribution in [3.05, 3.63) is 47.7 Å². The minimum absolute atomic E-state index is 0.105. The van der Waals surface area contributed by atoms with Crippen molar-refractivity contribution in [2.75, 3.05) is 12.4 Å². The zero-order chi connectivity index (χ0) is 15.2. The van der Waals surface area contributed by atoms with E-state index in [4.69, 9.17) is 9.84 Å². The van der Waals surface area contributed by atoms with Crippen LogP contribution in [0.5, 0.6) is 5.88 Å².